The van der Waals surface area contributed by atoms with Crippen LogP contribution in [0.4, 0.5) is 5.69 Å². The van der Waals surface area contributed by atoms with E-state index in [1.165, 1.54) is 6.42 Å². The molecular formula is C17H26N2O3. The summed E-state index contributed by atoms with van der Waals surface area (Å²) in [7, 11) is 1.62. The zero-order chi connectivity index (χ0) is 15.8. The largest absolute Gasteiger partial charge is 0.497 e. The quantitative estimate of drug-likeness (QED) is 0.812. The van der Waals surface area contributed by atoms with Gasteiger partial charge in [0, 0.05) is 31.3 Å². The van der Waals surface area contributed by atoms with Crippen molar-refractivity contribution in [2.75, 3.05) is 32.2 Å². The van der Waals surface area contributed by atoms with Crippen LogP contribution in [0.2, 0.25) is 0 Å². The van der Waals surface area contributed by atoms with Crippen molar-refractivity contribution in [1.29, 1.82) is 0 Å². The molecule has 5 nitrogen and oxygen atoms in total. The lowest BCUT2D eigenvalue weighted by molar-refractivity contribution is -0.116. The Morgan fingerprint density at radius 1 is 1.41 bits per heavy atom. The number of carbonyl (C=O) groups excluding carboxylic acids is 1. The second-order valence-electron chi connectivity index (χ2n) is 5.87. The van der Waals surface area contributed by atoms with Gasteiger partial charge in [-0.25, -0.2) is 0 Å². The minimum absolute atomic E-state index is 0.0186. The number of carbonyl (C=O) groups is 1. The molecule has 1 amide bonds. The molecule has 1 fully saturated rings. The topological polar surface area (TPSA) is 59.6 Å². The normalized spacial score (nSPS) is 19.5. The van der Waals surface area contributed by atoms with Crippen molar-refractivity contribution in [3.05, 3.63) is 24.3 Å². The molecule has 5 heteroatoms. The number of anilines is 1. The van der Waals surface area contributed by atoms with Crippen LogP contribution < -0.4 is 15.4 Å². The maximum absolute atomic E-state index is 12.0. The van der Waals surface area contributed by atoms with E-state index in [2.05, 4.69) is 10.6 Å². The summed E-state index contributed by atoms with van der Waals surface area (Å²) in [6, 6.07) is 7.50. The van der Waals surface area contributed by atoms with Gasteiger partial charge in [-0.15, -0.1) is 0 Å². The number of nitrogens with one attached hydrogen (secondary N) is 2. The smallest absolute Gasteiger partial charge is 0.225 e. The first-order chi connectivity index (χ1) is 10.7. The monoisotopic (exact) mass is 306 g/mol. The summed E-state index contributed by atoms with van der Waals surface area (Å²) in [5.74, 6) is 1.37. The van der Waals surface area contributed by atoms with Crippen LogP contribution in [-0.2, 0) is 9.53 Å². The van der Waals surface area contributed by atoms with Crippen molar-refractivity contribution in [3.63, 3.8) is 0 Å². The lowest BCUT2D eigenvalue weighted by Gasteiger charge is -2.24. The molecule has 1 aromatic carbocycles. The molecule has 0 aliphatic carbocycles. The number of ether oxygens (including phenoxy) is 2. The average molecular weight is 306 g/mol. The third-order valence-corrected chi connectivity index (χ3v) is 3.87. The molecule has 1 aliphatic heterocycles. The van der Waals surface area contributed by atoms with Crippen LogP contribution in [0.5, 0.6) is 5.75 Å². The van der Waals surface area contributed by atoms with Crippen molar-refractivity contribution in [2.45, 2.75) is 32.2 Å². The Balaban J connectivity index is 1.68. The van der Waals surface area contributed by atoms with E-state index < -0.39 is 0 Å². The predicted molar refractivity (Wildman–Crippen MR) is 87.2 cm³/mol. The molecule has 0 radical (unpaired) electrons. The predicted octanol–water partition coefficient (Wildman–Crippen LogP) is 2.43. The van der Waals surface area contributed by atoms with Gasteiger partial charge in [0.1, 0.15) is 5.75 Å². The lowest BCUT2D eigenvalue weighted by atomic mass is 10.0. The third kappa shape index (κ3) is 5.66. The Morgan fingerprint density at radius 2 is 2.18 bits per heavy atom. The zero-order valence-electron chi connectivity index (χ0n) is 13.4. The van der Waals surface area contributed by atoms with E-state index >= 15 is 0 Å². The molecule has 1 saturated heterocycles. The standard InChI is InChI=1S/C17H26N2O3/c1-13(18-11-14-4-3-9-22-12-14)10-17(20)19-15-5-7-16(21-2)8-6-15/h5-8,13-14,18H,3-4,9-12H2,1-2H3,(H,19,20). The molecule has 1 aliphatic rings. The van der Waals surface area contributed by atoms with Gasteiger partial charge < -0.3 is 20.1 Å². The van der Waals surface area contributed by atoms with Crippen LogP contribution in [0.25, 0.3) is 0 Å². The molecule has 1 aromatic rings. The number of methoxy groups -OCH3 is 1. The van der Waals surface area contributed by atoms with E-state index in [4.69, 9.17) is 9.47 Å². The molecule has 0 spiro atoms. The van der Waals surface area contributed by atoms with E-state index in [-0.39, 0.29) is 11.9 Å². The van der Waals surface area contributed by atoms with Gasteiger partial charge in [0.25, 0.3) is 0 Å². The first-order valence-electron chi connectivity index (χ1n) is 7.92. The molecule has 2 unspecified atom stereocenters. The van der Waals surface area contributed by atoms with Gasteiger partial charge in [0.05, 0.1) is 13.7 Å². The van der Waals surface area contributed by atoms with Crippen molar-refractivity contribution in [2.24, 2.45) is 5.92 Å². The fraction of sp³-hybridized carbons (Fsp3) is 0.588. The number of rotatable bonds is 7. The van der Waals surface area contributed by atoms with Crippen LogP contribution in [0.1, 0.15) is 26.2 Å². The highest BCUT2D eigenvalue weighted by molar-refractivity contribution is 5.91. The zero-order valence-corrected chi connectivity index (χ0v) is 13.4. The first-order valence-corrected chi connectivity index (χ1v) is 7.92. The average Bonchev–Trinajstić information content (AvgIpc) is 2.54. The Kier molecular flexibility index (Phi) is 6.68. The minimum Gasteiger partial charge on any atom is -0.497 e. The summed E-state index contributed by atoms with van der Waals surface area (Å²) >= 11 is 0. The molecule has 2 N–H and O–H groups in total. The fourth-order valence-electron chi connectivity index (χ4n) is 2.57. The van der Waals surface area contributed by atoms with Gasteiger partial charge >= 0.3 is 0 Å². The van der Waals surface area contributed by atoms with Gasteiger partial charge in [0.15, 0.2) is 0 Å². The maximum atomic E-state index is 12.0. The highest BCUT2D eigenvalue weighted by Gasteiger charge is 2.15. The molecule has 0 bridgehead atoms. The van der Waals surface area contributed by atoms with E-state index in [1.54, 1.807) is 7.11 Å². The molecule has 22 heavy (non-hydrogen) atoms. The lowest BCUT2D eigenvalue weighted by Crippen LogP contribution is -2.36. The SMILES string of the molecule is COc1ccc(NC(=O)CC(C)NCC2CCCOC2)cc1. The van der Waals surface area contributed by atoms with E-state index in [1.807, 2.05) is 31.2 Å². The summed E-state index contributed by atoms with van der Waals surface area (Å²) in [5, 5.41) is 6.33. The summed E-state index contributed by atoms with van der Waals surface area (Å²) in [6.45, 7) is 4.67. The highest BCUT2D eigenvalue weighted by Crippen LogP contribution is 2.15. The second-order valence-corrected chi connectivity index (χ2v) is 5.87. The maximum Gasteiger partial charge on any atom is 0.225 e. The van der Waals surface area contributed by atoms with E-state index in [0.717, 1.165) is 37.6 Å². The summed E-state index contributed by atoms with van der Waals surface area (Å²) in [6.07, 6.45) is 2.80. The van der Waals surface area contributed by atoms with Crippen molar-refractivity contribution in [3.8, 4) is 5.75 Å². The molecular weight excluding hydrogens is 280 g/mol. The molecule has 2 atom stereocenters. The summed E-state index contributed by atoms with van der Waals surface area (Å²) in [5.41, 5.74) is 0.790. The number of hydrogen-bond acceptors (Lipinski definition) is 4. The highest BCUT2D eigenvalue weighted by atomic mass is 16.5. The van der Waals surface area contributed by atoms with E-state index in [9.17, 15) is 4.79 Å². The minimum atomic E-state index is 0.0186. The van der Waals surface area contributed by atoms with Crippen molar-refractivity contribution in [1.82, 2.24) is 5.32 Å². The van der Waals surface area contributed by atoms with E-state index in [0.29, 0.717) is 12.3 Å². The number of hydrogen-bond donors (Lipinski definition) is 2. The fourth-order valence-corrected chi connectivity index (χ4v) is 2.57. The Morgan fingerprint density at radius 3 is 2.82 bits per heavy atom. The van der Waals surface area contributed by atoms with Gasteiger partial charge in [-0.2, -0.15) is 0 Å². The molecule has 0 aromatic heterocycles. The van der Waals surface area contributed by atoms with Crippen LogP contribution in [0.3, 0.4) is 0 Å². The van der Waals surface area contributed by atoms with Crippen molar-refractivity contribution < 1.29 is 14.3 Å². The summed E-state index contributed by atoms with van der Waals surface area (Å²) < 4.78 is 10.6. The second kappa shape index (κ2) is 8.76. The van der Waals surface area contributed by atoms with Gasteiger partial charge in [-0.05, 0) is 49.9 Å². The third-order valence-electron chi connectivity index (χ3n) is 3.87. The molecule has 122 valence electrons. The molecule has 2 rings (SSSR count). The molecule has 1 heterocycles. The molecule has 0 saturated carbocycles. The summed E-state index contributed by atoms with van der Waals surface area (Å²) in [4.78, 5) is 12.0. The first kappa shape index (κ1) is 16.8. The van der Waals surface area contributed by atoms with Gasteiger partial charge in [-0.1, -0.05) is 0 Å². The van der Waals surface area contributed by atoms with Gasteiger partial charge in [0.2, 0.25) is 5.91 Å². The van der Waals surface area contributed by atoms with Crippen molar-refractivity contribution >= 4 is 11.6 Å². The van der Waals surface area contributed by atoms with Crippen LogP contribution in [-0.4, -0.2) is 38.8 Å². The van der Waals surface area contributed by atoms with Gasteiger partial charge in [-0.3, -0.25) is 4.79 Å². The Labute approximate surface area is 132 Å². The number of benzene rings is 1. The van der Waals surface area contributed by atoms with Crippen LogP contribution in [0.15, 0.2) is 24.3 Å². The Hall–Kier alpha value is -1.59. The van der Waals surface area contributed by atoms with Crippen LogP contribution >= 0.6 is 0 Å². The Bertz CT molecular complexity index is 455. The van der Waals surface area contributed by atoms with Crippen LogP contribution in [0, 0.1) is 5.92 Å². The number of amides is 1.